The molecule has 0 bridgehead atoms. The maximum absolute atomic E-state index is 11.2. The van der Waals surface area contributed by atoms with Gasteiger partial charge in [0.05, 0.1) is 16.4 Å². The molecule has 3 heterocycles. The van der Waals surface area contributed by atoms with E-state index in [1.54, 1.807) is 4.52 Å². The second-order valence-electron chi connectivity index (χ2n) is 10.00. The van der Waals surface area contributed by atoms with Crippen LogP contribution in [0.15, 0.2) is 39.6 Å². The van der Waals surface area contributed by atoms with Gasteiger partial charge in [-0.2, -0.15) is 9.61 Å². The van der Waals surface area contributed by atoms with Crippen molar-refractivity contribution in [2.24, 2.45) is 16.8 Å². The van der Waals surface area contributed by atoms with Gasteiger partial charge in [0.1, 0.15) is 5.82 Å². The van der Waals surface area contributed by atoms with Gasteiger partial charge in [-0.25, -0.2) is 9.78 Å². The van der Waals surface area contributed by atoms with E-state index in [-0.39, 0.29) is 17.8 Å². The molecule has 1 aliphatic heterocycles. The number of aromatic nitrogens is 3. The summed E-state index contributed by atoms with van der Waals surface area (Å²) in [4.78, 5) is 21.1. The fourth-order valence-electron chi connectivity index (χ4n) is 5.76. The summed E-state index contributed by atoms with van der Waals surface area (Å²) < 4.78 is 2.43. The summed E-state index contributed by atoms with van der Waals surface area (Å²) in [7, 11) is 0. The molecular formula is C26H32BrN5O3. The Hall–Kier alpha value is -2.52. The number of anilines is 1. The Labute approximate surface area is 213 Å². The third kappa shape index (κ3) is 4.80. The molecule has 9 heteroatoms. The molecular weight excluding hydrogens is 510 g/mol. The summed E-state index contributed by atoms with van der Waals surface area (Å²) in [5, 5.41) is 23.6. The van der Waals surface area contributed by atoms with E-state index in [4.69, 9.17) is 20.8 Å². The van der Waals surface area contributed by atoms with Crippen molar-refractivity contribution < 1.29 is 15.0 Å². The molecule has 5 rings (SSSR count). The number of carboxylic acids is 1. The number of rotatable bonds is 5. The summed E-state index contributed by atoms with van der Waals surface area (Å²) >= 11 is 3.63. The smallest absolute Gasteiger partial charge is 0.332 e. The number of aliphatic imine (C=N–C) groups is 1. The summed E-state index contributed by atoms with van der Waals surface area (Å²) in [6.45, 7) is 0. The Morgan fingerprint density at radius 2 is 1.83 bits per heavy atom. The summed E-state index contributed by atoms with van der Waals surface area (Å²) in [5.74, 6) is -0.0900. The van der Waals surface area contributed by atoms with Crippen molar-refractivity contribution in [2.45, 2.75) is 75.7 Å². The molecule has 0 amide bonds. The standard InChI is InChI=1S/C26H32BrN5O3/c27-21-22(16-7-9-17(10-8-16)23(33)26(34)35)31-25-19(14-30-32(25)24(21)28)18-11-12-20(29-13-18)15-5-3-1-2-4-6-15/h1-2,12-18,23,33H,3-11,28H2,(H,34,35). The first kappa shape index (κ1) is 24.2. The lowest BCUT2D eigenvalue weighted by Crippen LogP contribution is -2.32. The molecule has 0 spiro atoms. The third-order valence-electron chi connectivity index (χ3n) is 7.87. The zero-order valence-electron chi connectivity index (χ0n) is 19.7. The van der Waals surface area contributed by atoms with E-state index in [1.165, 1.54) is 5.70 Å². The molecule has 186 valence electrons. The number of allylic oxidation sites excluding steroid dienone is 4. The van der Waals surface area contributed by atoms with Gasteiger partial charge < -0.3 is 15.9 Å². The molecule has 4 N–H and O–H groups in total. The van der Waals surface area contributed by atoms with E-state index >= 15 is 0 Å². The fourth-order valence-corrected chi connectivity index (χ4v) is 6.34. The number of hydrogen-bond acceptors (Lipinski definition) is 6. The Morgan fingerprint density at radius 1 is 1.11 bits per heavy atom. The average Bonchev–Trinajstić information content (AvgIpc) is 3.11. The number of nitrogen functional groups attached to an aromatic ring is 1. The van der Waals surface area contributed by atoms with Crippen LogP contribution in [0.25, 0.3) is 5.65 Å². The number of nitrogens with two attached hydrogens (primary N) is 1. The van der Waals surface area contributed by atoms with E-state index in [0.717, 1.165) is 66.3 Å². The van der Waals surface area contributed by atoms with E-state index < -0.39 is 12.1 Å². The highest BCUT2D eigenvalue weighted by atomic mass is 79.9. The van der Waals surface area contributed by atoms with Crippen LogP contribution in [0.2, 0.25) is 0 Å². The maximum Gasteiger partial charge on any atom is 0.332 e. The first-order valence-electron chi connectivity index (χ1n) is 12.6. The topological polar surface area (TPSA) is 126 Å². The summed E-state index contributed by atoms with van der Waals surface area (Å²) in [6, 6.07) is 0. The Balaban J connectivity index is 1.36. The summed E-state index contributed by atoms with van der Waals surface area (Å²) in [5.41, 5.74) is 10.3. The number of aliphatic hydroxyl groups excluding tert-OH is 1. The van der Waals surface area contributed by atoms with E-state index in [0.29, 0.717) is 24.6 Å². The highest BCUT2D eigenvalue weighted by Crippen LogP contribution is 2.41. The maximum atomic E-state index is 11.2. The van der Waals surface area contributed by atoms with Crippen molar-refractivity contribution in [3.8, 4) is 0 Å². The van der Waals surface area contributed by atoms with Gasteiger partial charge in [0.15, 0.2) is 11.8 Å². The van der Waals surface area contributed by atoms with Gasteiger partial charge in [-0.1, -0.05) is 18.2 Å². The highest BCUT2D eigenvalue weighted by molar-refractivity contribution is 9.10. The van der Waals surface area contributed by atoms with E-state index in [9.17, 15) is 9.90 Å². The molecule has 1 fully saturated rings. The lowest BCUT2D eigenvalue weighted by atomic mass is 9.78. The van der Waals surface area contributed by atoms with E-state index in [1.807, 2.05) is 12.4 Å². The fraction of sp³-hybridized carbons (Fsp3) is 0.538. The number of hydrogen-bond donors (Lipinski definition) is 3. The molecule has 0 aromatic carbocycles. The number of carbonyl (C=O) groups is 1. The van der Waals surface area contributed by atoms with Crippen LogP contribution in [0.4, 0.5) is 5.82 Å². The van der Waals surface area contributed by atoms with Crippen molar-refractivity contribution in [1.82, 2.24) is 14.6 Å². The Bertz CT molecular complexity index is 1190. The van der Waals surface area contributed by atoms with Crippen LogP contribution in [-0.4, -0.2) is 43.1 Å². The van der Waals surface area contributed by atoms with Gasteiger partial charge >= 0.3 is 5.97 Å². The predicted octanol–water partition coefficient (Wildman–Crippen LogP) is 4.98. The number of carboxylic acid groups (broad SMARTS) is 1. The minimum absolute atomic E-state index is 0.0996. The zero-order chi connectivity index (χ0) is 24.5. The SMILES string of the molecule is Nc1c(Br)c(C2CCC(C(O)C(=O)O)CC2)nc2c(C3C=NC(C4CCC=CCC4)=CC3)cnn12. The third-order valence-corrected chi connectivity index (χ3v) is 8.68. The monoisotopic (exact) mass is 541 g/mol. The lowest BCUT2D eigenvalue weighted by Gasteiger charge is -2.30. The van der Waals surface area contributed by atoms with Gasteiger partial charge in [0.2, 0.25) is 0 Å². The number of aliphatic carboxylic acids is 1. The van der Waals surface area contributed by atoms with Crippen molar-refractivity contribution in [3.05, 3.63) is 45.9 Å². The van der Waals surface area contributed by atoms with Gasteiger partial charge in [0, 0.05) is 35.2 Å². The number of fused-ring (bicyclic) bond motifs is 1. The van der Waals surface area contributed by atoms with Crippen molar-refractivity contribution in [3.63, 3.8) is 0 Å². The van der Waals surface area contributed by atoms with Gasteiger partial charge in [0.25, 0.3) is 0 Å². The molecule has 2 unspecified atom stereocenters. The van der Waals surface area contributed by atoms with Crippen LogP contribution in [0.3, 0.4) is 0 Å². The first-order valence-corrected chi connectivity index (χ1v) is 13.4. The lowest BCUT2D eigenvalue weighted by molar-refractivity contribution is -0.150. The van der Waals surface area contributed by atoms with Gasteiger partial charge in [-0.15, -0.1) is 0 Å². The zero-order valence-corrected chi connectivity index (χ0v) is 21.3. The molecule has 1 saturated carbocycles. The van der Waals surface area contributed by atoms with Gasteiger partial charge in [-0.05, 0) is 79.6 Å². The van der Waals surface area contributed by atoms with Crippen molar-refractivity contribution >= 4 is 39.6 Å². The number of halogens is 1. The van der Waals surface area contributed by atoms with Crippen LogP contribution in [0.5, 0.6) is 0 Å². The minimum Gasteiger partial charge on any atom is -0.479 e. The summed E-state index contributed by atoms with van der Waals surface area (Å²) in [6.07, 6.45) is 17.6. The average molecular weight is 542 g/mol. The van der Waals surface area contributed by atoms with Crippen molar-refractivity contribution in [1.29, 1.82) is 0 Å². The van der Waals surface area contributed by atoms with Crippen molar-refractivity contribution in [2.75, 3.05) is 5.73 Å². The minimum atomic E-state index is -1.31. The molecule has 3 aliphatic rings. The Morgan fingerprint density at radius 3 is 2.46 bits per heavy atom. The highest BCUT2D eigenvalue weighted by Gasteiger charge is 2.33. The molecule has 2 aromatic rings. The first-order chi connectivity index (χ1) is 16.9. The molecule has 0 saturated heterocycles. The Kier molecular flexibility index (Phi) is 7.07. The molecule has 2 aliphatic carbocycles. The molecule has 2 aromatic heterocycles. The van der Waals surface area contributed by atoms with Crippen LogP contribution >= 0.6 is 15.9 Å². The molecule has 35 heavy (non-hydrogen) atoms. The van der Waals surface area contributed by atoms with Crippen LogP contribution in [0, 0.1) is 11.8 Å². The predicted molar refractivity (Wildman–Crippen MR) is 138 cm³/mol. The number of aliphatic hydroxyl groups is 1. The second kappa shape index (κ2) is 10.2. The molecule has 8 nitrogen and oxygen atoms in total. The normalized spacial score (nSPS) is 26.5. The van der Waals surface area contributed by atoms with Crippen LogP contribution in [0.1, 0.15) is 80.9 Å². The largest absolute Gasteiger partial charge is 0.479 e. The van der Waals surface area contributed by atoms with Crippen LogP contribution in [-0.2, 0) is 4.79 Å². The number of nitrogens with zero attached hydrogens (tertiary/aromatic N) is 4. The van der Waals surface area contributed by atoms with Crippen LogP contribution < -0.4 is 5.73 Å². The quantitative estimate of drug-likeness (QED) is 0.458. The second-order valence-corrected chi connectivity index (χ2v) is 10.8. The van der Waals surface area contributed by atoms with Gasteiger partial charge in [-0.3, -0.25) is 4.99 Å². The molecule has 2 atom stereocenters. The molecule has 0 radical (unpaired) electrons. The van der Waals surface area contributed by atoms with E-state index in [2.05, 4.69) is 39.3 Å².